The third-order valence-electron chi connectivity index (χ3n) is 2.76. The van der Waals surface area contributed by atoms with E-state index < -0.39 is 18.7 Å². The minimum atomic E-state index is -4.17. The van der Waals surface area contributed by atoms with E-state index in [0.29, 0.717) is 0 Å². The summed E-state index contributed by atoms with van der Waals surface area (Å²) in [5.74, 6) is 0.218. The number of hydrogen-bond acceptors (Lipinski definition) is 2. The van der Waals surface area contributed by atoms with Crippen molar-refractivity contribution >= 4 is 0 Å². The minimum absolute atomic E-state index is 0.0285. The van der Waals surface area contributed by atoms with Gasteiger partial charge in [-0.15, -0.1) is 0 Å². The maximum atomic E-state index is 11.7. The average molecular weight is 226 g/mol. The standard InChI is InChI=1S/C10H17F3O2/c11-10(12,13)5-6-15-7-9(14)8-3-1-2-4-8/h8-9,14H,1-7H2. The normalized spacial score (nSPS) is 20.8. The maximum absolute atomic E-state index is 11.7. The molecule has 0 aromatic rings. The van der Waals surface area contributed by atoms with Crippen molar-refractivity contribution in [2.75, 3.05) is 13.2 Å². The second-order valence-corrected chi connectivity index (χ2v) is 4.05. The summed E-state index contributed by atoms with van der Waals surface area (Å²) in [5.41, 5.74) is 0. The molecule has 1 aliphatic carbocycles. The maximum Gasteiger partial charge on any atom is 0.391 e. The lowest BCUT2D eigenvalue weighted by molar-refractivity contribution is -0.148. The third kappa shape index (κ3) is 5.37. The molecule has 1 fully saturated rings. The van der Waals surface area contributed by atoms with Gasteiger partial charge in [0.2, 0.25) is 0 Å². The Morgan fingerprint density at radius 1 is 1.27 bits per heavy atom. The molecule has 1 N–H and O–H groups in total. The highest BCUT2D eigenvalue weighted by Gasteiger charge is 2.27. The van der Waals surface area contributed by atoms with Gasteiger partial charge in [-0.2, -0.15) is 13.2 Å². The van der Waals surface area contributed by atoms with Crippen molar-refractivity contribution in [3.8, 4) is 0 Å². The fraction of sp³-hybridized carbons (Fsp3) is 1.00. The number of alkyl halides is 3. The van der Waals surface area contributed by atoms with E-state index in [4.69, 9.17) is 4.74 Å². The van der Waals surface area contributed by atoms with Crippen molar-refractivity contribution in [2.45, 2.75) is 44.4 Å². The molecule has 1 atom stereocenters. The number of ether oxygens (including phenoxy) is 1. The van der Waals surface area contributed by atoms with E-state index >= 15 is 0 Å². The predicted octanol–water partition coefficient (Wildman–Crippen LogP) is 2.51. The molecule has 0 aromatic heterocycles. The molecular formula is C10H17F3O2. The predicted molar refractivity (Wildman–Crippen MR) is 49.5 cm³/mol. The van der Waals surface area contributed by atoms with Gasteiger partial charge in [-0.1, -0.05) is 12.8 Å². The first-order valence-electron chi connectivity index (χ1n) is 5.31. The Morgan fingerprint density at radius 3 is 2.40 bits per heavy atom. The van der Waals surface area contributed by atoms with Gasteiger partial charge in [-0.3, -0.25) is 0 Å². The summed E-state index contributed by atoms with van der Waals surface area (Å²) in [7, 11) is 0. The highest BCUT2D eigenvalue weighted by atomic mass is 19.4. The third-order valence-corrected chi connectivity index (χ3v) is 2.76. The molecule has 0 heterocycles. The number of rotatable bonds is 5. The molecule has 0 amide bonds. The van der Waals surface area contributed by atoms with Gasteiger partial charge in [0.25, 0.3) is 0 Å². The molecule has 1 aliphatic rings. The van der Waals surface area contributed by atoms with Crippen molar-refractivity contribution in [1.29, 1.82) is 0 Å². The van der Waals surface area contributed by atoms with Crippen molar-refractivity contribution in [1.82, 2.24) is 0 Å². The quantitative estimate of drug-likeness (QED) is 0.730. The molecule has 2 nitrogen and oxygen atoms in total. The first-order chi connectivity index (χ1) is 6.99. The molecule has 0 bridgehead atoms. The van der Waals surface area contributed by atoms with E-state index in [1.165, 1.54) is 0 Å². The summed E-state index contributed by atoms with van der Waals surface area (Å²) in [4.78, 5) is 0. The van der Waals surface area contributed by atoms with Crippen molar-refractivity contribution in [2.24, 2.45) is 5.92 Å². The summed E-state index contributed by atoms with van der Waals surface area (Å²) >= 11 is 0. The van der Waals surface area contributed by atoms with Crippen LogP contribution in [0.3, 0.4) is 0 Å². The Balaban J connectivity index is 2.04. The topological polar surface area (TPSA) is 29.5 Å². The Bertz CT molecular complexity index is 176. The first kappa shape index (κ1) is 12.8. The van der Waals surface area contributed by atoms with Gasteiger partial charge in [0.1, 0.15) is 0 Å². The largest absolute Gasteiger partial charge is 0.391 e. The van der Waals surface area contributed by atoms with E-state index in [0.717, 1.165) is 25.7 Å². The summed E-state index contributed by atoms with van der Waals surface area (Å²) < 4.78 is 40.0. The second-order valence-electron chi connectivity index (χ2n) is 4.05. The van der Waals surface area contributed by atoms with E-state index in [2.05, 4.69) is 0 Å². The zero-order chi connectivity index (χ0) is 11.3. The fourth-order valence-corrected chi connectivity index (χ4v) is 1.87. The minimum Gasteiger partial charge on any atom is -0.390 e. The summed E-state index contributed by atoms with van der Waals surface area (Å²) in [5, 5.41) is 9.57. The average Bonchev–Trinajstić information content (AvgIpc) is 2.63. The molecule has 90 valence electrons. The van der Waals surface area contributed by atoms with Crippen LogP contribution in [0.4, 0.5) is 13.2 Å². The molecule has 0 aromatic carbocycles. The molecule has 1 rings (SSSR count). The van der Waals surface area contributed by atoms with Crippen LogP contribution in [0.25, 0.3) is 0 Å². The lowest BCUT2D eigenvalue weighted by Crippen LogP contribution is -2.24. The molecule has 0 aliphatic heterocycles. The molecule has 5 heteroatoms. The summed E-state index contributed by atoms with van der Waals surface area (Å²) in [6, 6.07) is 0. The van der Waals surface area contributed by atoms with Crippen LogP contribution in [0.2, 0.25) is 0 Å². The van der Waals surface area contributed by atoms with Gasteiger partial charge in [-0.05, 0) is 18.8 Å². The first-order valence-corrected chi connectivity index (χ1v) is 5.31. The molecular weight excluding hydrogens is 209 g/mol. The SMILES string of the molecule is OC(COCCC(F)(F)F)C1CCCC1. The van der Waals surface area contributed by atoms with Crippen molar-refractivity contribution in [3.05, 3.63) is 0 Å². The zero-order valence-corrected chi connectivity index (χ0v) is 8.59. The number of aliphatic hydroxyl groups is 1. The van der Waals surface area contributed by atoms with Crippen molar-refractivity contribution < 1.29 is 23.0 Å². The molecule has 0 saturated heterocycles. The Morgan fingerprint density at radius 2 is 1.87 bits per heavy atom. The van der Waals surface area contributed by atoms with Crippen molar-refractivity contribution in [3.63, 3.8) is 0 Å². The highest BCUT2D eigenvalue weighted by molar-refractivity contribution is 4.74. The van der Waals surface area contributed by atoms with Crippen LogP contribution in [0.15, 0.2) is 0 Å². The van der Waals surface area contributed by atoms with Crippen LogP contribution in [0, 0.1) is 5.92 Å². The number of halogens is 3. The summed E-state index contributed by atoms with van der Waals surface area (Å²) in [6.07, 6.45) is -1.58. The van der Waals surface area contributed by atoms with Gasteiger partial charge in [0.05, 0.1) is 25.7 Å². The lowest BCUT2D eigenvalue weighted by Gasteiger charge is -2.17. The monoisotopic (exact) mass is 226 g/mol. The van der Waals surface area contributed by atoms with Crippen LogP contribution in [-0.4, -0.2) is 30.6 Å². The molecule has 15 heavy (non-hydrogen) atoms. The van der Waals surface area contributed by atoms with Gasteiger partial charge < -0.3 is 9.84 Å². The van der Waals surface area contributed by atoms with E-state index in [1.54, 1.807) is 0 Å². The van der Waals surface area contributed by atoms with Crippen LogP contribution < -0.4 is 0 Å². The van der Waals surface area contributed by atoms with Gasteiger partial charge in [0, 0.05) is 0 Å². The number of hydrogen-bond donors (Lipinski definition) is 1. The van der Waals surface area contributed by atoms with Crippen LogP contribution in [0.5, 0.6) is 0 Å². The Labute approximate surface area is 87.4 Å². The van der Waals surface area contributed by atoms with E-state index in [-0.39, 0.29) is 19.1 Å². The smallest absolute Gasteiger partial charge is 0.390 e. The molecule has 1 unspecified atom stereocenters. The fourth-order valence-electron chi connectivity index (χ4n) is 1.87. The Hall–Kier alpha value is -0.290. The van der Waals surface area contributed by atoms with Gasteiger partial charge in [0.15, 0.2) is 0 Å². The van der Waals surface area contributed by atoms with Gasteiger partial charge in [-0.25, -0.2) is 0 Å². The van der Waals surface area contributed by atoms with Crippen LogP contribution in [-0.2, 0) is 4.74 Å². The van der Waals surface area contributed by atoms with Crippen LogP contribution in [0.1, 0.15) is 32.1 Å². The van der Waals surface area contributed by atoms with E-state index in [9.17, 15) is 18.3 Å². The lowest BCUT2D eigenvalue weighted by atomic mass is 10.0. The highest BCUT2D eigenvalue weighted by Crippen LogP contribution is 2.27. The van der Waals surface area contributed by atoms with Crippen LogP contribution >= 0.6 is 0 Å². The molecule has 0 radical (unpaired) electrons. The molecule has 1 saturated carbocycles. The molecule has 0 spiro atoms. The Kier molecular flexibility index (Phi) is 4.86. The number of aliphatic hydroxyl groups excluding tert-OH is 1. The van der Waals surface area contributed by atoms with Gasteiger partial charge >= 0.3 is 6.18 Å². The zero-order valence-electron chi connectivity index (χ0n) is 8.59. The summed E-state index contributed by atoms with van der Waals surface area (Å²) in [6.45, 7) is -0.325. The van der Waals surface area contributed by atoms with E-state index in [1.807, 2.05) is 0 Å². The second kappa shape index (κ2) is 5.70.